The van der Waals surface area contributed by atoms with Gasteiger partial charge in [-0.3, -0.25) is 4.79 Å². The van der Waals surface area contributed by atoms with E-state index in [-0.39, 0.29) is 99.3 Å². The van der Waals surface area contributed by atoms with Crippen molar-refractivity contribution in [1.29, 1.82) is 0 Å². The summed E-state index contributed by atoms with van der Waals surface area (Å²) >= 11 is 0.0287. The molecule has 13 aromatic carbocycles. The molecule has 16 aromatic rings. The van der Waals surface area contributed by atoms with Gasteiger partial charge in [-0.2, -0.15) is 0 Å². The van der Waals surface area contributed by atoms with Gasteiger partial charge in [0.25, 0.3) is 0 Å². The van der Waals surface area contributed by atoms with E-state index in [2.05, 4.69) is 333 Å². The van der Waals surface area contributed by atoms with Crippen molar-refractivity contribution in [3.8, 4) is 14.7 Å². The van der Waals surface area contributed by atoms with Crippen LogP contribution in [0, 0.1) is 57.0 Å². The molecule has 2 atom stereocenters. The molecule has 726 valence electrons. The molecular weight excluding hydrogens is 1960 g/mol. The summed E-state index contributed by atoms with van der Waals surface area (Å²) in [4.78, 5) is 89.4. The van der Waals surface area contributed by atoms with Crippen LogP contribution in [0.4, 0.5) is 0 Å². The van der Waals surface area contributed by atoms with Crippen molar-refractivity contribution in [1.82, 2.24) is 0 Å². The second kappa shape index (κ2) is 52.7. The molecule has 0 amide bonds. The molecule has 0 spiro atoms. The second-order valence-corrected chi connectivity index (χ2v) is 46.8. The fraction of sp³-hybridized carbons (Fsp3) is 0.213. The molecule has 6 fully saturated rings. The molecule has 1 saturated heterocycles. The number of benzene rings is 13. The lowest BCUT2D eigenvalue weighted by molar-refractivity contribution is -0.597. The highest BCUT2D eigenvalue weighted by molar-refractivity contribution is 7.97. The van der Waals surface area contributed by atoms with Gasteiger partial charge in [-0.25, -0.2) is 9.59 Å². The summed E-state index contributed by atoms with van der Waals surface area (Å²) in [6, 6.07) is 117. The number of ether oxygens (including phenoxy) is 2. The zero-order valence-electron chi connectivity index (χ0n) is 80.5. The molecule has 6 aliphatic rings. The smallest absolute Gasteiger partial charge is 0.357 e. The fourth-order valence-corrected chi connectivity index (χ4v) is 29.8. The first-order chi connectivity index (χ1) is 68.5. The SMILES string of the molecule is C=C(C)C(=O)[O-].C=C(C)C(=O)[O-].C=CC(=O)OC1C2CC3CC1CC(C(=O)[O-])(C3)C2.C=CC(=O)OC1CCC(C(=O)[O-])CC1.C=Cc1ccc(C(=O)[O-])cc1.Cc1ccc(-[s+]2c3ccccc3c3ccccc32)cc1.Cc1ccc(-[s+]2c3ccccc3c3ccccc32)cc1.Cc1ccc(-[s+]2c3ccccc3c3ccccc32)cc1.O=C(C[S+]1CCCC1)c1ccccc1.c1ccc([I+]c2ccccc2)cc1. The van der Waals surface area contributed by atoms with Gasteiger partial charge in [0.1, 0.15) is 23.7 Å². The number of carbonyl (C=O) groups is 8. The average Bonchev–Trinajstić information content (AvgIpc) is 1.21. The molecule has 5 aliphatic carbocycles. The van der Waals surface area contributed by atoms with Crippen molar-refractivity contribution in [3.05, 3.63) is 430 Å². The monoisotopic (exact) mass is 2080 g/mol. The number of aromatic carboxylic acids is 1. The van der Waals surface area contributed by atoms with Gasteiger partial charge in [-0.1, -0.05) is 256 Å². The Bertz CT molecular complexity index is 6440. The minimum Gasteiger partial charge on any atom is -0.550 e. The lowest BCUT2D eigenvalue weighted by atomic mass is 9.48. The van der Waals surface area contributed by atoms with E-state index in [1.54, 1.807) is 18.2 Å². The standard InChI is InChI=1S/3C19H15S.C14H18O4.C12H10I.C12H15OS.C10H14O4.C9H8O2.2C4H6O2/c3*1-14-10-12-15(13-11-14)20-18-8-4-2-6-16(18)17-7-3-5-9-19(17)20;1-2-11(15)18-12-9-3-8-4-10(12)7-14(5-8,6-9)13(16)17;1-3-7-11(8-4-1)13-12-9-5-2-6-10-12;13-12(10-14-8-4-5-9-14)11-6-2-1-3-7-11;1-2-9(11)14-8-5-3-7(4-6-8)10(12)13;1-2-7-3-5-8(6-4-7)9(10)11;2*1-3(2)4(5)6/h3*2-13H,1H3;2,8-10,12H,1,3-7H2,(H,16,17);1-10H;1-3,6-7H,4-5,8-10H2;2,7-8H,1,3-6H2,(H,12,13);2-6H,1H2,(H,10,11);2*1H2,2H3,(H,5,6)/q3*+1;;2*+1;;;;/p-5. The molecule has 4 bridgehead atoms. The Kier molecular flexibility index (Phi) is 39.7. The third-order valence-corrected chi connectivity index (χ3v) is 37.2. The number of Topliss-reactive ketones (excluding diaryl/α,β-unsaturated/α-hetero) is 1. The molecule has 1 aliphatic heterocycles. The van der Waals surface area contributed by atoms with Gasteiger partial charge in [0.05, 0.1) is 17.9 Å². The number of halogens is 1. The maximum absolute atomic E-state index is 11.8. The van der Waals surface area contributed by atoms with Crippen LogP contribution in [0.1, 0.15) is 127 Å². The topological polar surface area (TPSA) is 270 Å². The predicted molar refractivity (Wildman–Crippen MR) is 571 cm³/mol. The molecule has 2 unspecified atom stereocenters. The Balaban J connectivity index is 0.000000144. The maximum atomic E-state index is 11.8. The van der Waals surface area contributed by atoms with Gasteiger partial charge >= 0.3 is 33.1 Å². The number of hydrogen-bond donors (Lipinski definition) is 0. The summed E-state index contributed by atoms with van der Waals surface area (Å²) in [5.74, 6) is -2.13. The fourth-order valence-electron chi connectivity index (χ4n) is 18.2. The highest BCUT2D eigenvalue weighted by Gasteiger charge is 2.57. The van der Waals surface area contributed by atoms with Gasteiger partial charge in [0.15, 0.2) is 55.8 Å². The Morgan fingerprint density at radius 1 is 0.387 bits per heavy atom. The summed E-state index contributed by atoms with van der Waals surface area (Å²) in [6.45, 7) is 25.6. The normalized spacial score (nSPS) is 17.0. The molecule has 3 aromatic heterocycles. The van der Waals surface area contributed by atoms with Crippen molar-refractivity contribution >= 4 is 156 Å². The average molecular weight is 2080 g/mol. The number of rotatable bonds is 18. The summed E-state index contributed by atoms with van der Waals surface area (Å²) < 4.78 is 22.1. The Hall–Kier alpha value is -13.7. The molecule has 5 saturated carbocycles. The molecular formula is C122H117IO15S4. The van der Waals surface area contributed by atoms with E-state index in [0.29, 0.717) is 61.1 Å². The van der Waals surface area contributed by atoms with Crippen LogP contribution in [0.15, 0.2) is 390 Å². The first kappa shape index (κ1) is 107. The van der Waals surface area contributed by atoms with Crippen LogP contribution in [0.5, 0.6) is 0 Å². The zero-order valence-corrected chi connectivity index (χ0v) is 85.9. The van der Waals surface area contributed by atoms with E-state index in [1.165, 1.54) is 155 Å². The first-order valence-corrected chi connectivity index (χ1v) is 54.8. The van der Waals surface area contributed by atoms with Crippen molar-refractivity contribution in [3.63, 3.8) is 0 Å². The highest BCUT2D eigenvalue weighted by Crippen LogP contribution is 2.61. The summed E-state index contributed by atoms with van der Waals surface area (Å²) in [5, 5.41) is 59.5. The lowest BCUT2D eigenvalue weighted by Crippen LogP contribution is -3.61. The number of aliphatic carboxylic acids is 4. The van der Waals surface area contributed by atoms with E-state index in [1.807, 2.05) is 30.3 Å². The number of carbonyl (C=O) groups excluding carboxylic acids is 8. The van der Waals surface area contributed by atoms with Gasteiger partial charge in [0.2, 0.25) is 5.78 Å². The van der Waals surface area contributed by atoms with Crippen molar-refractivity contribution < 1.29 is 94.6 Å². The maximum Gasteiger partial charge on any atom is 0.357 e. The Morgan fingerprint density at radius 3 is 1.01 bits per heavy atom. The van der Waals surface area contributed by atoms with Crippen molar-refractivity contribution in [2.24, 2.45) is 29.1 Å². The molecule has 0 N–H and O–H groups in total. The number of ketones is 1. The second-order valence-electron chi connectivity index (χ2n) is 35.5. The van der Waals surface area contributed by atoms with Crippen LogP contribution in [0.3, 0.4) is 0 Å². The minimum absolute atomic E-state index is 0.0287. The van der Waals surface area contributed by atoms with Gasteiger partial charge < -0.3 is 59.0 Å². The summed E-state index contributed by atoms with van der Waals surface area (Å²) in [7, 11) is 0.546. The summed E-state index contributed by atoms with van der Waals surface area (Å²) in [5.41, 5.74) is 5.41. The van der Waals surface area contributed by atoms with E-state index < -0.39 is 47.2 Å². The van der Waals surface area contributed by atoms with Crippen LogP contribution in [0.2, 0.25) is 0 Å². The Labute approximate surface area is 852 Å². The molecule has 0 radical (unpaired) electrons. The molecule has 15 nitrogen and oxygen atoms in total. The number of esters is 2. The summed E-state index contributed by atoms with van der Waals surface area (Å²) in [6.07, 6.45) is 12.5. The van der Waals surface area contributed by atoms with Crippen molar-refractivity contribution in [2.45, 2.75) is 117 Å². The van der Waals surface area contributed by atoms with E-state index in [0.717, 1.165) is 42.2 Å². The van der Waals surface area contributed by atoms with E-state index in [4.69, 9.17) is 9.47 Å². The molecule has 20 heteroatoms. The first-order valence-electron chi connectivity index (χ1n) is 47.3. The van der Waals surface area contributed by atoms with Crippen LogP contribution in [-0.4, -0.2) is 77.0 Å². The minimum atomic E-state index is -1.19. The van der Waals surface area contributed by atoms with Crippen LogP contribution in [-0.2, 0) is 49.1 Å². The zero-order chi connectivity index (χ0) is 101. The van der Waals surface area contributed by atoms with Gasteiger partial charge in [-0.05, 0) is 296 Å². The highest BCUT2D eigenvalue weighted by atomic mass is 127. The predicted octanol–water partition coefficient (Wildman–Crippen LogP) is 20.2. The molecule has 22 rings (SSSR count). The Morgan fingerprint density at radius 2 is 0.704 bits per heavy atom. The number of fused-ring (bicyclic) bond motifs is 9. The number of carboxylic acid groups (broad SMARTS) is 5. The van der Waals surface area contributed by atoms with E-state index in [9.17, 15) is 63.9 Å². The molecule has 142 heavy (non-hydrogen) atoms. The van der Waals surface area contributed by atoms with Crippen LogP contribution < -0.4 is 46.7 Å². The third-order valence-electron chi connectivity index (χ3n) is 25.1. The van der Waals surface area contributed by atoms with Gasteiger partial charge in [0, 0.05) is 98.8 Å². The number of aryl methyl sites for hydroxylation is 3. The number of hydrogen-bond acceptors (Lipinski definition) is 15. The quantitative estimate of drug-likeness (QED) is 0.0254. The molecule has 4 heterocycles. The van der Waals surface area contributed by atoms with Gasteiger partial charge in [-0.15, -0.1) is 0 Å². The van der Waals surface area contributed by atoms with Crippen LogP contribution in [0.25, 0.3) is 81.3 Å². The number of carboxylic acids is 5. The lowest BCUT2D eigenvalue weighted by Gasteiger charge is -2.59. The van der Waals surface area contributed by atoms with Crippen molar-refractivity contribution in [2.75, 3.05) is 17.3 Å². The number of thiophene rings is 3. The largest absolute Gasteiger partial charge is 0.550 e. The third kappa shape index (κ3) is 29.2. The van der Waals surface area contributed by atoms with E-state index >= 15 is 0 Å². The van der Waals surface area contributed by atoms with Crippen LogP contribution >= 0.6 is 31.4 Å².